The van der Waals surface area contributed by atoms with E-state index in [1.165, 1.54) is 0 Å². The van der Waals surface area contributed by atoms with Gasteiger partial charge < -0.3 is 15.0 Å². The van der Waals surface area contributed by atoms with Gasteiger partial charge in [-0.15, -0.1) is 0 Å². The van der Waals surface area contributed by atoms with Gasteiger partial charge in [-0.3, -0.25) is 4.79 Å². The molecule has 0 bridgehead atoms. The second-order valence-corrected chi connectivity index (χ2v) is 9.50. The van der Waals surface area contributed by atoms with Gasteiger partial charge in [-0.25, -0.2) is 8.42 Å². The van der Waals surface area contributed by atoms with Crippen LogP contribution in [0.3, 0.4) is 0 Å². The maximum absolute atomic E-state index is 12.1. The fourth-order valence-corrected chi connectivity index (χ4v) is 5.41. The van der Waals surface area contributed by atoms with Gasteiger partial charge in [0.25, 0.3) is 0 Å². The smallest absolute Gasteiger partial charge is 0.220 e. The van der Waals surface area contributed by atoms with Gasteiger partial charge in [-0.2, -0.15) is 0 Å². The van der Waals surface area contributed by atoms with Gasteiger partial charge >= 0.3 is 0 Å². The van der Waals surface area contributed by atoms with Gasteiger partial charge in [-0.05, 0) is 38.0 Å². The van der Waals surface area contributed by atoms with E-state index in [-0.39, 0.29) is 11.9 Å². The highest BCUT2D eigenvalue weighted by Crippen LogP contribution is 2.22. The predicted octanol–water partition coefficient (Wildman–Crippen LogP) is 0.571. The highest BCUT2D eigenvalue weighted by molar-refractivity contribution is 7.91. The number of likely N-dealkylation sites (tertiary alicyclic amines) is 1. The Bertz CT molecular complexity index is 494. The van der Waals surface area contributed by atoms with Crippen molar-refractivity contribution >= 4 is 15.7 Å². The van der Waals surface area contributed by atoms with Crippen LogP contribution < -0.4 is 5.32 Å². The van der Waals surface area contributed by atoms with E-state index in [1.54, 1.807) is 0 Å². The van der Waals surface area contributed by atoms with E-state index < -0.39 is 9.84 Å². The molecule has 3 heterocycles. The summed E-state index contributed by atoms with van der Waals surface area (Å²) in [5, 5.41) is 3.17. The van der Waals surface area contributed by atoms with E-state index in [9.17, 15) is 13.2 Å². The van der Waals surface area contributed by atoms with Gasteiger partial charge in [0.1, 0.15) is 9.84 Å². The largest absolute Gasteiger partial charge is 0.381 e. The number of amides is 1. The molecule has 0 aromatic heterocycles. The van der Waals surface area contributed by atoms with Crippen molar-refractivity contribution < 1.29 is 17.9 Å². The van der Waals surface area contributed by atoms with E-state index in [4.69, 9.17) is 4.74 Å². The molecule has 23 heavy (non-hydrogen) atoms. The van der Waals surface area contributed by atoms with Crippen LogP contribution >= 0.6 is 0 Å². The number of carbonyl (C=O) groups is 1. The Morgan fingerprint density at radius 3 is 2.39 bits per heavy atom. The van der Waals surface area contributed by atoms with Crippen molar-refractivity contribution in [3.8, 4) is 0 Å². The number of nitrogens with one attached hydrogen (secondary N) is 1. The van der Waals surface area contributed by atoms with Crippen LogP contribution in [0.15, 0.2) is 0 Å². The highest BCUT2D eigenvalue weighted by Gasteiger charge is 2.31. The maximum Gasteiger partial charge on any atom is 0.220 e. The molecule has 0 radical (unpaired) electrons. The van der Waals surface area contributed by atoms with E-state index in [2.05, 4.69) is 10.2 Å². The molecule has 0 aromatic rings. The van der Waals surface area contributed by atoms with Crippen LogP contribution in [0, 0.1) is 5.92 Å². The van der Waals surface area contributed by atoms with Gasteiger partial charge in [-0.1, -0.05) is 0 Å². The molecule has 0 spiro atoms. The summed E-state index contributed by atoms with van der Waals surface area (Å²) in [6.07, 6.45) is 5.05. The maximum atomic E-state index is 12.1. The standard InChI is InChI=1S/C16H28N2O4S/c19-16(11-13-3-8-22-12-13)17-14-1-6-18(7-2-14)15-4-9-23(20,21)10-5-15/h13-15H,1-12H2,(H,17,19). The Balaban J connectivity index is 1.37. The number of hydrogen-bond acceptors (Lipinski definition) is 5. The summed E-state index contributed by atoms with van der Waals surface area (Å²) in [7, 11) is -2.79. The van der Waals surface area contributed by atoms with Crippen molar-refractivity contribution in [2.45, 2.75) is 50.6 Å². The Morgan fingerprint density at radius 2 is 1.78 bits per heavy atom. The third kappa shape index (κ3) is 4.90. The molecular formula is C16H28N2O4S. The first-order valence-corrected chi connectivity index (χ1v) is 10.7. The Morgan fingerprint density at radius 1 is 1.09 bits per heavy atom. The monoisotopic (exact) mass is 344 g/mol. The lowest BCUT2D eigenvalue weighted by molar-refractivity contribution is -0.123. The van der Waals surface area contributed by atoms with Gasteiger partial charge in [0.05, 0.1) is 11.5 Å². The van der Waals surface area contributed by atoms with Crippen LogP contribution in [0.1, 0.15) is 38.5 Å². The fraction of sp³-hybridized carbons (Fsp3) is 0.938. The minimum absolute atomic E-state index is 0.155. The van der Waals surface area contributed by atoms with Crippen molar-refractivity contribution in [2.24, 2.45) is 5.92 Å². The molecule has 3 aliphatic rings. The van der Waals surface area contributed by atoms with Gasteiger partial charge in [0, 0.05) is 44.8 Å². The lowest BCUT2D eigenvalue weighted by atomic mass is 9.99. The van der Waals surface area contributed by atoms with E-state index in [0.717, 1.165) is 58.4 Å². The zero-order valence-corrected chi connectivity index (χ0v) is 14.5. The topological polar surface area (TPSA) is 75.7 Å². The average Bonchev–Trinajstić information content (AvgIpc) is 3.01. The normalized spacial score (nSPS) is 30.3. The zero-order chi connectivity index (χ0) is 16.3. The number of rotatable bonds is 4. The Hall–Kier alpha value is -0.660. The van der Waals surface area contributed by atoms with Crippen LogP contribution in [-0.4, -0.2) is 69.1 Å². The second kappa shape index (κ2) is 7.49. The number of carbonyl (C=O) groups excluding carboxylic acids is 1. The molecule has 3 aliphatic heterocycles. The first-order valence-electron chi connectivity index (χ1n) is 8.83. The minimum atomic E-state index is -2.79. The predicted molar refractivity (Wildman–Crippen MR) is 88.0 cm³/mol. The Kier molecular flexibility index (Phi) is 5.59. The molecule has 3 rings (SSSR count). The molecule has 0 saturated carbocycles. The molecular weight excluding hydrogens is 316 g/mol. The lowest BCUT2D eigenvalue weighted by Crippen LogP contribution is -2.50. The van der Waals surface area contributed by atoms with Crippen LogP contribution in [0.2, 0.25) is 0 Å². The minimum Gasteiger partial charge on any atom is -0.381 e. The third-order valence-electron chi connectivity index (χ3n) is 5.43. The molecule has 3 fully saturated rings. The zero-order valence-electron chi connectivity index (χ0n) is 13.7. The van der Waals surface area contributed by atoms with Crippen molar-refractivity contribution in [3.05, 3.63) is 0 Å². The summed E-state index contributed by atoms with van der Waals surface area (Å²) in [6.45, 7) is 3.42. The number of hydrogen-bond donors (Lipinski definition) is 1. The third-order valence-corrected chi connectivity index (χ3v) is 7.15. The van der Waals surface area contributed by atoms with E-state index in [1.807, 2.05) is 0 Å². The molecule has 1 unspecified atom stereocenters. The number of sulfone groups is 1. The van der Waals surface area contributed by atoms with Gasteiger partial charge in [0.2, 0.25) is 5.91 Å². The van der Waals surface area contributed by atoms with Crippen molar-refractivity contribution in [1.82, 2.24) is 10.2 Å². The van der Waals surface area contributed by atoms with E-state index >= 15 is 0 Å². The second-order valence-electron chi connectivity index (χ2n) is 7.19. The molecule has 1 atom stereocenters. The van der Waals surface area contributed by atoms with Crippen molar-refractivity contribution in [1.29, 1.82) is 0 Å². The number of ether oxygens (including phenoxy) is 1. The molecule has 1 N–H and O–H groups in total. The summed E-state index contributed by atoms with van der Waals surface area (Å²) in [6, 6.07) is 0.680. The van der Waals surface area contributed by atoms with Crippen molar-refractivity contribution in [2.75, 3.05) is 37.8 Å². The summed E-state index contributed by atoms with van der Waals surface area (Å²) in [4.78, 5) is 14.5. The van der Waals surface area contributed by atoms with Crippen molar-refractivity contribution in [3.63, 3.8) is 0 Å². The van der Waals surface area contributed by atoms with Gasteiger partial charge in [0.15, 0.2) is 0 Å². The average molecular weight is 344 g/mol. The summed E-state index contributed by atoms with van der Waals surface area (Å²) < 4.78 is 28.4. The highest BCUT2D eigenvalue weighted by atomic mass is 32.2. The van der Waals surface area contributed by atoms with Crippen LogP contribution in [0.5, 0.6) is 0 Å². The summed E-state index contributed by atoms with van der Waals surface area (Å²) >= 11 is 0. The first kappa shape index (κ1) is 17.2. The molecule has 1 amide bonds. The fourth-order valence-electron chi connectivity index (χ4n) is 3.94. The molecule has 132 valence electrons. The lowest BCUT2D eigenvalue weighted by Gasteiger charge is -2.39. The van der Waals surface area contributed by atoms with E-state index in [0.29, 0.717) is 29.9 Å². The first-order chi connectivity index (χ1) is 11.0. The Labute approximate surface area is 138 Å². The van der Waals surface area contributed by atoms with Crippen LogP contribution in [-0.2, 0) is 19.4 Å². The summed E-state index contributed by atoms with van der Waals surface area (Å²) in [5.41, 5.74) is 0. The quantitative estimate of drug-likeness (QED) is 0.807. The SMILES string of the molecule is O=C(CC1CCOC1)NC1CCN(C2CCS(=O)(=O)CC2)CC1. The van der Waals surface area contributed by atoms with Crippen LogP contribution in [0.25, 0.3) is 0 Å². The summed E-state index contributed by atoms with van der Waals surface area (Å²) in [5.74, 6) is 1.21. The molecule has 6 nitrogen and oxygen atoms in total. The molecule has 0 aromatic carbocycles. The number of nitrogens with zero attached hydrogens (tertiary/aromatic N) is 1. The molecule has 7 heteroatoms. The molecule has 3 saturated heterocycles. The molecule has 0 aliphatic carbocycles. The number of piperidine rings is 1. The van der Waals surface area contributed by atoms with Crippen LogP contribution in [0.4, 0.5) is 0 Å².